The fourth-order valence-corrected chi connectivity index (χ4v) is 12.4. The van der Waals surface area contributed by atoms with Crippen molar-refractivity contribution >= 4 is 22.6 Å². The van der Waals surface area contributed by atoms with Crippen LogP contribution in [0.3, 0.4) is 0 Å². The number of benzene rings is 1. The number of rotatable bonds is 22. The van der Waals surface area contributed by atoms with E-state index in [1.807, 2.05) is 19.9 Å². The van der Waals surface area contributed by atoms with E-state index in [4.69, 9.17) is 18.3 Å². The molecule has 0 heterocycles. The highest BCUT2D eigenvalue weighted by Crippen LogP contribution is 2.44. The molecule has 0 aliphatic heterocycles. The van der Waals surface area contributed by atoms with Crippen molar-refractivity contribution in [3.8, 4) is 5.75 Å². The fourth-order valence-electron chi connectivity index (χ4n) is 6.62. The van der Waals surface area contributed by atoms with Gasteiger partial charge in [-0.05, 0) is 99.9 Å². The minimum Gasteiger partial charge on any atom is -0.487 e. The van der Waals surface area contributed by atoms with Gasteiger partial charge in [-0.25, -0.2) is 0 Å². The molecule has 5 nitrogen and oxygen atoms in total. The lowest BCUT2D eigenvalue weighted by atomic mass is 9.89. The maximum Gasteiger partial charge on any atom is 0.306 e. The zero-order valence-electron chi connectivity index (χ0n) is 29.9. The van der Waals surface area contributed by atoms with E-state index in [0.29, 0.717) is 25.0 Å². The van der Waals surface area contributed by atoms with E-state index in [1.165, 1.54) is 0 Å². The monoisotopic (exact) mass is 680 g/mol. The highest BCUT2D eigenvalue weighted by Gasteiger charge is 2.48. The smallest absolute Gasteiger partial charge is 0.306 e. The Labute approximate surface area is 280 Å². The van der Waals surface area contributed by atoms with Crippen LogP contribution in [0.4, 0.5) is 8.78 Å². The van der Waals surface area contributed by atoms with Crippen LogP contribution >= 0.6 is 0 Å². The highest BCUT2D eigenvalue weighted by molar-refractivity contribution is 6.74. The molecular formula is C37H62F2O5Si2. The molecule has 0 aromatic heterocycles. The van der Waals surface area contributed by atoms with Crippen LogP contribution in [-0.4, -0.2) is 53.4 Å². The largest absolute Gasteiger partial charge is 0.487 e. The van der Waals surface area contributed by atoms with Gasteiger partial charge in [0.2, 0.25) is 0 Å². The number of allylic oxidation sites excluding steroid dienone is 2. The van der Waals surface area contributed by atoms with E-state index in [0.717, 1.165) is 55.2 Å². The summed E-state index contributed by atoms with van der Waals surface area (Å²) < 4.78 is 55.6. The number of ether oxygens (including phenoxy) is 2. The number of carbonyl (C=O) groups excluding carboxylic acids is 1. The Hall–Kier alpha value is -1.82. The number of hydrogen-bond donors (Lipinski definition) is 0. The minimum atomic E-state index is -3.13. The summed E-state index contributed by atoms with van der Waals surface area (Å²) in [6.45, 7) is 16.3. The van der Waals surface area contributed by atoms with Gasteiger partial charge in [-0.15, -0.1) is 0 Å². The molecule has 0 N–H and O–H groups in total. The molecule has 1 fully saturated rings. The molecule has 1 saturated carbocycles. The molecule has 9 heteroatoms. The average molecular weight is 681 g/mol. The van der Waals surface area contributed by atoms with Crippen LogP contribution in [-0.2, 0) is 18.4 Å². The van der Waals surface area contributed by atoms with Crippen LogP contribution in [0.15, 0.2) is 54.6 Å². The Kier molecular flexibility index (Phi) is 17.4. The number of alkyl halides is 2. The zero-order valence-corrected chi connectivity index (χ0v) is 31.9. The number of halogens is 2. The number of unbranched alkanes of at least 4 members (excludes halogenated alkanes) is 1. The van der Waals surface area contributed by atoms with Crippen molar-refractivity contribution in [2.75, 3.05) is 6.61 Å². The van der Waals surface area contributed by atoms with Crippen LogP contribution in [0.1, 0.15) is 87.5 Å². The van der Waals surface area contributed by atoms with Crippen LogP contribution in [0.5, 0.6) is 5.75 Å². The molecule has 1 aliphatic carbocycles. The Bertz CT molecular complexity index is 1040. The highest BCUT2D eigenvalue weighted by atomic mass is 28.4. The van der Waals surface area contributed by atoms with Gasteiger partial charge in [0.05, 0.1) is 18.3 Å². The normalized spacial score (nSPS) is 21.1. The Morgan fingerprint density at radius 3 is 2.00 bits per heavy atom. The second kappa shape index (κ2) is 19.9. The number of para-hydroxylation sites is 1. The van der Waals surface area contributed by atoms with Gasteiger partial charge in [-0.3, -0.25) is 4.79 Å². The van der Waals surface area contributed by atoms with E-state index in [2.05, 4.69) is 53.7 Å². The van der Waals surface area contributed by atoms with Gasteiger partial charge in [0, 0.05) is 12.3 Å². The molecule has 0 amide bonds. The van der Waals surface area contributed by atoms with Crippen LogP contribution < -0.4 is 4.74 Å². The molecule has 1 aromatic rings. The maximum absolute atomic E-state index is 15.3. The third-order valence-corrected chi connectivity index (χ3v) is 19.3. The second-order valence-electron chi connectivity index (χ2n) is 13.1. The summed E-state index contributed by atoms with van der Waals surface area (Å²) in [5.41, 5.74) is 0. The lowest BCUT2D eigenvalue weighted by molar-refractivity contribution is -0.147. The summed E-state index contributed by atoms with van der Waals surface area (Å²) >= 11 is 0. The molecule has 4 atom stereocenters. The van der Waals surface area contributed by atoms with Gasteiger partial charge in [0.15, 0.2) is 23.2 Å². The quantitative estimate of drug-likeness (QED) is 0.0528. The molecule has 0 spiro atoms. The number of esters is 1. The zero-order chi connectivity index (χ0) is 34.2. The average Bonchev–Trinajstić information content (AvgIpc) is 3.36. The van der Waals surface area contributed by atoms with Gasteiger partial charge in [-0.2, -0.15) is 8.78 Å². The first kappa shape index (κ1) is 40.4. The molecule has 1 aromatic carbocycles. The standard InChI is InChI=1S/C37H62F2O5Si2/c1-9-45(10-2,11-3)43-34-28-35(44-46(12-4,13-5)14-6)33(26-27-37(38,39)29-41-31-22-18-17-19-23-31)32(34)24-20-15-16-21-25-36(40)42-30(7)8/h15,17-20,22-23,26-27,30,32-35H,9-14,16,21,24-25,28-29H2,1-8H3/b20-15-,27-26+/t32-,33-,34+,35-/m1/s1. The molecule has 46 heavy (non-hydrogen) atoms. The third-order valence-electron chi connectivity index (χ3n) is 9.97. The number of hydrogen-bond acceptors (Lipinski definition) is 5. The SMILES string of the molecule is CC[Si](CC)(CC)O[C@H]1C[C@@H](O[Si](CC)(CC)CC)[C@H](/C=C/C(F)(F)COc2ccccc2)[C@H]1C/C=C\CCCC(=O)OC(C)C. The van der Waals surface area contributed by atoms with Crippen molar-refractivity contribution in [3.63, 3.8) is 0 Å². The van der Waals surface area contributed by atoms with E-state index < -0.39 is 29.2 Å². The maximum atomic E-state index is 15.3. The van der Waals surface area contributed by atoms with Crippen molar-refractivity contribution in [1.29, 1.82) is 0 Å². The molecule has 0 unspecified atom stereocenters. The van der Waals surface area contributed by atoms with Crippen molar-refractivity contribution in [2.24, 2.45) is 11.8 Å². The van der Waals surface area contributed by atoms with Crippen LogP contribution in [0.25, 0.3) is 0 Å². The van der Waals surface area contributed by atoms with Crippen LogP contribution in [0.2, 0.25) is 36.3 Å². The van der Waals surface area contributed by atoms with Gasteiger partial charge in [0.25, 0.3) is 5.92 Å². The molecule has 0 radical (unpaired) electrons. The van der Waals surface area contributed by atoms with Crippen LogP contribution in [0, 0.1) is 11.8 Å². The summed E-state index contributed by atoms with van der Waals surface area (Å²) in [5, 5.41) is 0. The van der Waals surface area contributed by atoms with Gasteiger partial charge in [0.1, 0.15) is 5.75 Å². The summed E-state index contributed by atoms with van der Waals surface area (Å²) in [6.07, 6.45) is 10.0. The Morgan fingerprint density at radius 2 is 1.46 bits per heavy atom. The van der Waals surface area contributed by atoms with Crippen molar-refractivity contribution in [3.05, 3.63) is 54.6 Å². The molecule has 262 valence electrons. The lowest BCUT2D eigenvalue weighted by Gasteiger charge is -2.34. The molecular weight excluding hydrogens is 619 g/mol. The summed E-state index contributed by atoms with van der Waals surface area (Å²) in [6, 6.07) is 14.9. The number of carbonyl (C=O) groups is 1. The first-order valence-corrected chi connectivity index (χ1v) is 22.9. The van der Waals surface area contributed by atoms with Gasteiger partial charge < -0.3 is 18.3 Å². The fraction of sp³-hybridized carbons (Fsp3) is 0.703. The third kappa shape index (κ3) is 12.7. The predicted octanol–water partition coefficient (Wildman–Crippen LogP) is 10.7. The van der Waals surface area contributed by atoms with E-state index >= 15 is 8.78 Å². The first-order valence-electron chi connectivity index (χ1n) is 17.9. The predicted molar refractivity (Wildman–Crippen MR) is 191 cm³/mol. The molecule has 2 rings (SSSR count). The summed E-state index contributed by atoms with van der Waals surface area (Å²) in [5.74, 6) is -3.06. The van der Waals surface area contributed by atoms with E-state index in [9.17, 15) is 4.79 Å². The van der Waals surface area contributed by atoms with Crippen molar-refractivity contribution < 1.29 is 31.9 Å². The molecule has 0 bridgehead atoms. The van der Waals surface area contributed by atoms with Gasteiger partial charge >= 0.3 is 5.97 Å². The molecule has 0 saturated heterocycles. The van der Waals surface area contributed by atoms with Gasteiger partial charge in [-0.1, -0.05) is 78.0 Å². The van der Waals surface area contributed by atoms with Crippen molar-refractivity contribution in [1.82, 2.24) is 0 Å². The Morgan fingerprint density at radius 1 is 0.891 bits per heavy atom. The summed E-state index contributed by atoms with van der Waals surface area (Å²) in [7, 11) is -4.00. The molecule has 1 aliphatic rings. The lowest BCUT2D eigenvalue weighted by Crippen LogP contribution is -2.42. The topological polar surface area (TPSA) is 54.0 Å². The minimum absolute atomic E-state index is 0.0167. The van der Waals surface area contributed by atoms with Crippen molar-refractivity contribution in [2.45, 2.75) is 148 Å². The second-order valence-corrected chi connectivity index (χ2v) is 22.6. The van der Waals surface area contributed by atoms with E-state index in [-0.39, 0.29) is 36.1 Å². The summed E-state index contributed by atoms with van der Waals surface area (Å²) in [4.78, 5) is 12.0. The first-order chi connectivity index (χ1) is 21.9. The Balaban J connectivity index is 2.37. The van der Waals surface area contributed by atoms with E-state index in [1.54, 1.807) is 30.3 Å².